The van der Waals surface area contributed by atoms with Gasteiger partial charge in [0, 0.05) is 24.5 Å². The van der Waals surface area contributed by atoms with Gasteiger partial charge in [0.15, 0.2) is 0 Å². The van der Waals surface area contributed by atoms with Crippen molar-refractivity contribution in [3.63, 3.8) is 0 Å². The Labute approximate surface area is 214 Å². The lowest BCUT2D eigenvalue weighted by Crippen LogP contribution is -2.04. The Morgan fingerprint density at radius 3 is 0.838 bits per heavy atom. The van der Waals surface area contributed by atoms with Crippen molar-refractivity contribution in [1.29, 1.82) is 0 Å². The fourth-order valence-electron chi connectivity index (χ4n) is 1.51. The van der Waals surface area contributed by atoms with E-state index in [0.717, 1.165) is 11.4 Å². The molecule has 0 aliphatic carbocycles. The number of aliphatic hydroxyl groups excluding tert-OH is 2. The summed E-state index contributed by atoms with van der Waals surface area (Å²) in [6, 6.07) is 19.6. The van der Waals surface area contributed by atoms with Crippen molar-refractivity contribution in [2.45, 2.75) is 0 Å². The molecule has 0 amide bonds. The smallest absolute Gasteiger partial charge is 0.394 e. The molecule has 0 heterocycles. The number of para-hydroxylation sites is 2. The summed E-state index contributed by atoms with van der Waals surface area (Å²) in [5.41, 5.74) is 2.10. The number of hydrogen-bond acceptors (Lipinski definition) is 10. The van der Waals surface area contributed by atoms with Crippen molar-refractivity contribution in [2.24, 2.45) is 0 Å². The Bertz CT molecular complexity index is 929. The molecule has 0 fully saturated rings. The van der Waals surface area contributed by atoms with Gasteiger partial charge in [0.2, 0.25) is 0 Å². The molecule has 0 aromatic heterocycles. The molecule has 2 aromatic carbocycles. The Hall–Kier alpha value is -2.51. The van der Waals surface area contributed by atoms with Crippen molar-refractivity contribution in [3.05, 3.63) is 60.7 Å². The first-order valence-corrected chi connectivity index (χ1v) is 12.9. The third-order valence-corrected chi connectivity index (χ3v) is 2.43. The Morgan fingerprint density at radius 2 is 0.676 bits per heavy atom. The average molecular weight is 605 g/mol. The van der Waals surface area contributed by atoms with E-state index in [0.29, 0.717) is 13.1 Å². The first kappa shape index (κ1) is 44.5. The SMILES string of the molecule is O.O.O=S(=O)(O)O.O=S(=O)(O)O.O=S(=O)(O)O.OCCNc1ccccc1.OCCNc1ccccc1. The van der Waals surface area contributed by atoms with Gasteiger partial charge in [-0.1, -0.05) is 36.4 Å². The molecule has 18 nitrogen and oxygen atoms in total. The van der Waals surface area contributed by atoms with Crippen LogP contribution in [-0.4, -0.2) is 100 Å². The molecule has 0 atom stereocenters. The van der Waals surface area contributed by atoms with Crippen molar-refractivity contribution < 1.29 is 73.7 Å². The van der Waals surface area contributed by atoms with Crippen molar-refractivity contribution in [2.75, 3.05) is 36.9 Å². The van der Waals surface area contributed by atoms with Gasteiger partial charge >= 0.3 is 31.2 Å². The second-order valence-corrected chi connectivity index (χ2v) is 8.06. The molecule has 37 heavy (non-hydrogen) atoms. The maximum atomic E-state index is 8.74. The highest BCUT2D eigenvalue weighted by atomic mass is 32.3. The van der Waals surface area contributed by atoms with Gasteiger partial charge in [0.05, 0.1) is 13.2 Å². The largest absolute Gasteiger partial charge is 0.412 e. The topological polar surface area (TPSA) is 351 Å². The van der Waals surface area contributed by atoms with E-state index in [1.807, 2.05) is 60.7 Å². The number of anilines is 2. The van der Waals surface area contributed by atoms with E-state index < -0.39 is 31.2 Å². The van der Waals surface area contributed by atoms with E-state index in [9.17, 15) is 0 Å². The van der Waals surface area contributed by atoms with Crippen LogP contribution in [0.5, 0.6) is 0 Å². The zero-order chi connectivity index (χ0) is 28.0. The van der Waals surface area contributed by atoms with E-state index in [-0.39, 0.29) is 24.2 Å². The molecule has 21 heteroatoms. The van der Waals surface area contributed by atoms with Crippen LogP contribution in [0.4, 0.5) is 11.4 Å². The fourth-order valence-corrected chi connectivity index (χ4v) is 1.51. The summed E-state index contributed by atoms with van der Waals surface area (Å²) in [5.74, 6) is 0. The van der Waals surface area contributed by atoms with E-state index in [2.05, 4.69) is 10.6 Å². The van der Waals surface area contributed by atoms with E-state index in [1.54, 1.807) is 0 Å². The standard InChI is InChI=1S/2C8H11NO.3H2O4S.2H2O/c2*10-7-6-9-8-4-2-1-3-5-8;3*1-5(2,3)4;;/h2*1-5,9-10H,6-7H2;3*(H2,1,2,3,4);2*1H2. The van der Waals surface area contributed by atoms with Crippen LogP contribution in [0.3, 0.4) is 0 Å². The molecule has 0 aliphatic heterocycles. The van der Waals surface area contributed by atoms with Crippen LogP contribution in [0.25, 0.3) is 0 Å². The monoisotopic (exact) mass is 604 g/mol. The predicted molar refractivity (Wildman–Crippen MR) is 134 cm³/mol. The normalized spacial score (nSPS) is 9.73. The van der Waals surface area contributed by atoms with Crippen molar-refractivity contribution in [3.8, 4) is 0 Å². The molecule has 2 rings (SSSR count). The van der Waals surface area contributed by atoms with Gasteiger partial charge in [0.25, 0.3) is 0 Å². The van der Waals surface area contributed by atoms with E-state index in [4.69, 9.17) is 62.8 Å². The lowest BCUT2D eigenvalue weighted by atomic mass is 10.3. The van der Waals surface area contributed by atoms with Gasteiger partial charge < -0.3 is 31.8 Å². The van der Waals surface area contributed by atoms with Crippen LogP contribution >= 0.6 is 0 Å². The second-order valence-electron chi connectivity index (χ2n) is 5.38. The van der Waals surface area contributed by atoms with Crippen LogP contribution in [0.2, 0.25) is 0 Å². The summed E-state index contributed by atoms with van der Waals surface area (Å²) >= 11 is 0. The maximum absolute atomic E-state index is 8.74. The number of aliphatic hydroxyl groups is 2. The second kappa shape index (κ2) is 25.2. The van der Waals surface area contributed by atoms with Crippen LogP contribution in [0, 0.1) is 0 Å². The number of rotatable bonds is 6. The van der Waals surface area contributed by atoms with Gasteiger partial charge in [0.1, 0.15) is 0 Å². The minimum Gasteiger partial charge on any atom is -0.412 e. The van der Waals surface area contributed by atoms with Crippen LogP contribution in [0.15, 0.2) is 60.7 Å². The Balaban J connectivity index is -0.000000119. The summed E-state index contributed by atoms with van der Waals surface area (Å²) in [6.07, 6.45) is 0. The minimum absolute atomic E-state index is 0. The third-order valence-electron chi connectivity index (χ3n) is 2.43. The first-order valence-electron chi connectivity index (χ1n) is 8.76. The van der Waals surface area contributed by atoms with Gasteiger partial charge in [-0.2, -0.15) is 25.3 Å². The van der Waals surface area contributed by atoms with Gasteiger partial charge in [-0.3, -0.25) is 27.3 Å². The highest BCUT2D eigenvalue weighted by molar-refractivity contribution is 7.80. The highest BCUT2D eigenvalue weighted by Gasteiger charge is 1.87. The quantitative estimate of drug-likeness (QED) is 0.169. The van der Waals surface area contributed by atoms with Gasteiger partial charge in [-0.05, 0) is 24.3 Å². The summed E-state index contributed by atoms with van der Waals surface area (Å²) in [7, 11) is -14.0. The molecule has 14 N–H and O–H groups in total. The molecular formula is C16H32N2O16S3. The lowest BCUT2D eigenvalue weighted by Gasteiger charge is -2.01. The van der Waals surface area contributed by atoms with Crippen molar-refractivity contribution in [1.82, 2.24) is 0 Å². The third kappa shape index (κ3) is 71.9. The zero-order valence-electron chi connectivity index (χ0n) is 18.9. The predicted octanol–water partition coefficient (Wildman–Crippen LogP) is -1.43. The molecule has 0 aliphatic rings. The fraction of sp³-hybridized carbons (Fsp3) is 0.250. The zero-order valence-corrected chi connectivity index (χ0v) is 21.3. The highest BCUT2D eigenvalue weighted by Crippen LogP contribution is 2.03. The van der Waals surface area contributed by atoms with Gasteiger partial charge in [-0.25, -0.2) is 0 Å². The number of nitrogens with one attached hydrogen (secondary N) is 2. The summed E-state index contributed by atoms with van der Waals surface area (Å²) < 4.78 is 94.8. The van der Waals surface area contributed by atoms with Crippen LogP contribution < -0.4 is 10.6 Å². The van der Waals surface area contributed by atoms with E-state index in [1.165, 1.54) is 0 Å². The molecular weight excluding hydrogens is 572 g/mol. The van der Waals surface area contributed by atoms with E-state index >= 15 is 0 Å². The molecule has 0 unspecified atom stereocenters. The number of hydrogen-bond donors (Lipinski definition) is 10. The first-order chi connectivity index (χ1) is 15.9. The van der Waals surface area contributed by atoms with Crippen LogP contribution in [-0.2, 0) is 31.2 Å². The summed E-state index contributed by atoms with van der Waals surface area (Å²) in [6.45, 7) is 1.58. The molecule has 0 radical (unpaired) electrons. The molecule has 0 spiro atoms. The minimum atomic E-state index is -4.67. The number of benzene rings is 2. The Morgan fingerprint density at radius 1 is 0.486 bits per heavy atom. The molecule has 0 bridgehead atoms. The van der Waals surface area contributed by atoms with Crippen molar-refractivity contribution >= 4 is 42.6 Å². The summed E-state index contributed by atoms with van der Waals surface area (Å²) in [5, 5.41) is 23.0. The lowest BCUT2D eigenvalue weighted by molar-refractivity contribution is 0.311. The molecule has 2 aromatic rings. The summed E-state index contributed by atoms with van der Waals surface area (Å²) in [4.78, 5) is 0. The maximum Gasteiger partial charge on any atom is 0.394 e. The molecule has 0 saturated carbocycles. The van der Waals surface area contributed by atoms with Gasteiger partial charge in [-0.15, -0.1) is 0 Å². The molecule has 220 valence electrons. The Kier molecular flexibility index (Phi) is 30.2. The average Bonchev–Trinajstić information content (AvgIpc) is 2.69. The molecule has 0 saturated heterocycles. The van der Waals surface area contributed by atoms with Crippen LogP contribution in [0.1, 0.15) is 0 Å².